The number of hydrogen-bond donors (Lipinski definition) is 0. The SMILES string of the molecule is C/C=C(\C=C(C)C)S(=O)(=O)N1CC(COc2coc(CN3Cc4ccccc4C3)cc2=O)C1. The van der Waals surface area contributed by atoms with E-state index in [1.54, 1.807) is 19.1 Å². The van der Waals surface area contributed by atoms with Crippen LogP contribution in [0.5, 0.6) is 5.75 Å². The lowest BCUT2D eigenvalue weighted by Crippen LogP contribution is -2.52. The maximum absolute atomic E-state index is 12.7. The quantitative estimate of drug-likeness (QED) is 0.548. The first-order valence-corrected chi connectivity index (χ1v) is 12.6. The van der Waals surface area contributed by atoms with Crippen LogP contribution in [0.4, 0.5) is 0 Å². The van der Waals surface area contributed by atoms with E-state index < -0.39 is 10.0 Å². The molecule has 0 saturated carbocycles. The van der Waals surface area contributed by atoms with Crippen molar-refractivity contribution < 1.29 is 17.6 Å². The summed E-state index contributed by atoms with van der Waals surface area (Å²) >= 11 is 0. The van der Waals surface area contributed by atoms with Crippen molar-refractivity contribution in [1.82, 2.24) is 9.21 Å². The molecule has 176 valence electrons. The Kier molecular flexibility index (Phi) is 6.88. The van der Waals surface area contributed by atoms with Gasteiger partial charge in [-0.1, -0.05) is 35.9 Å². The molecule has 8 heteroatoms. The van der Waals surface area contributed by atoms with Gasteiger partial charge in [-0.2, -0.15) is 4.31 Å². The highest BCUT2D eigenvalue weighted by atomic mass is 32.2. The predicted octanol–water partition coefficient (Wildman–Crippen LogP) is 3.67. The van der Waals surface area contributed by atoms with E-state index in [2.05, 4.69) is 17.0 Å². The molecular weight excluding hydrogens is 440 g/mol. The first-order valence-electron chi connectivity index (χ1n) is 11.1. The second-order valence-corrected chi connectivity index (χ2v) is 10.8. The highest BCUT2D eigenvalue weighted by molar-refractivity contribution is 7.93. The fourth-order valence-corrected chi connectivity index (χ4v) is 5.93. The van der Waals surface area contributed by atoms with Crippen molar-refractivity contribution in [3.05, 3.63) is 86.3 Å². The molecule has 0 atom stereocenters. The van der Waals surface area contributed by atoms with E-state index in [9.17, 15) is 13.2 Å². The van der Waals surface area contributed by atoms with Crippen LogP contribution >= 0.6 is 0 Å². The van der Waals surface area contributed by atoms with Gasteiger partial charge in [0.05, 0.1) is 18.1 Å². The van der Waals surface area contributed by atoms with E-state index in [4.69, 9.17) is 9.15 Å². The van der Waals surface area contributed by atoms with Crippen LogP contribution in [0.25, 0.3) is 0 Å². The monoisotopic (exact) mass is 470 g/mol. The number of nitrogens with zero attached hydrogens (tertiary/aromatic N) is 2. The summed E-state index contributed by atoms with van der Waals surface area (Å²) in [6.45, 7) is 8.69. The molecule has 33 heavy (non-hydrogen) atoms. The van der Waals surface area contributed by atoms with Crippen LogP contribution in [-0.4, -0.2) is 37.3 Å². The molecule has 7 nitrogen and oxygen atoms in total. The summed E-state index contributed by atoms with van der Waals surface area (Å²) in [5, 5.41) is 0. The van der Waals surface area contributed by atoms with Gasteiger partial charge in [0, 0.05) is 38.2 Å². The Morgan fingerprint density at radius 1 is 1.18 bits per heavy atom. The van der Waals surface area contributed by atoms with Crippen molar-refractivity contribution in [2.45, 2.75) is 40.4 Å². The molecule has 1 aromatic heterocycles. The van der Waals surface area contributed by atoms with Crippen LogP contribution in [0.3, 0.4) is 0 Å². The first-order chi connectivity index (χ1) is 15.8. The molecule has 0 N–H and O–H groups in total. The van der Waals surface area contributed by atoms with E-state index in [-0.39, 0.29) is 23.7 Å². The lowest BCUT2D eigenvalue weighted by atomic mass is 10.1. The summed E-state index contributed by atoms with van der Waals surface area (Å²) in [5.74, 6) is 0.787. The zero-order chi connectivity index (χ0) is 23.6. The number of rotatable bonds is 8. The van der Waals surface area contributed by atoms with Gasteiger partial charge < -0.3 is 9.15 Å². The molecule has 2 aliphatic heterocycles. The number of fused-ring (bicyclic) bond motifs is 1. The summed E-state index contributed by atoms with van der Waals surface area (Å²) in [7, 11) is -3.49. The fraction of sp³-hybridized carbons (Fsp3) is 0.400. The molecule has 1 fully saturated rings. The molecular formula is C25H30N2O5S. The van der Waals surface area contributed by atoms with Gasteiger partial charge in [0.15, 0.2) is 0 Å². The molecule has 1 aromatic carbocycles. The van der Waals surface area contributed by atoms with Gasteiger partial charge in [-0.25, -0.2) is 8.42 Å². The largest absolute Gasteiger partial charge is 0.486 e. The van der Waals surface area contributed by atoms with Crippen LogP contribution < -0.4 is 10.2 Å². The fourth-order valence-electron chi connectivity index (χ4n) is 4.13. The molecule has 0 unspecified atom stereocenters. The zero-order valence-corrected chi connectivity index (χ0v) is 20.1. The topological polar surface area (TPSA) is 80.1 Å². The molecule has 0 spiro atoms. The molecule has 2 aliphatic rings. The molecule has 0 amide bonds. The van der Waals surface area contributed by atoms with Crippen molar-refractivity contribution in [2.24, 2.45) is 5.92 Å². The number of ether oxygens (including phenoxy) is 1. The van der Waals surface area contributed by atoms with Crippen molar-refractivity contribution in [3.63, 3.8) is 0 Å². The lowest BCUT2D eigenvalue weighted by molar-refractivity contribution is 0.128. The average molecular weight is 471 g/mol. The summed E-state index contributed by atoms with van der Waals surface area (Å²) in [6, 6.07) is 9.79. The minimum Gasteiger partial charge on any atom is -0.486 e. The summed E-state index contributed by atoms with van der Waals surface area (Å²) in [6.07, 6.45) is 4.65. The standard InChI is InChI=1S/C25H30N2O5S/c1-4-23(9-18(2)3)33(29,30)27-11-19(12-27)16-32-25-17-31-22(10-24(25)28)15-26-13-20-7-5-6-8-21(20)14-26/h4-10,17,19H,11-16H2,1-3H3/b23-4+. The minimum atomic E-state index is -3.49. The Morgan fingerprint density at radius 3 is 2.42 bits per heavy atom. The van der Waals surface area contributed by atoms with Crippen LogP contribution in [0.2, 0.25) is 0 Å². The van der Waals surface area contributed by atoms with Crippen molar-refractivity contribution in [2.75, 3.05) is 19.7 Å². The number of benzene rings is 1. The molecule has 0 radical (unpaired) electrons. The zero-order valence-electron chi connectivity index (χ0n) is 19.3. The summed E-state index contributed by atoms with van der Waals surface area (Å²) in [5.41, 5.74) is 3.31. The van der Waals surface area contributed by atoms with Crippen molar-refractivity contribution in [3.8, 4) is 5.75 Å². The van der Waals surface area contributed by atoms with E-state index in [1.165, 1.54) is 27.8 Å². The number of sulfonamides is 1. The van der Waals surface area contributed by atoms with Crippen LogP contribution in [0.15, 0.2) is 68.4 Å². The van der Waals surface area contributed by atoms with Gasteiger partial charge in [0.25, 0.3) is 0 Å². The first kappa shape index (κ1) is 23.5. The van der Waals surface area contributed by atoms with Gasteiger partial charge in [-0.05, 0) is 38.0 Å². The van der Waals surface area contributed by atoms with Crippen LogP contribution in [-0.2, 0) is 29.7 Å². The maximum Gasteiger partial charge on any atom is 0.242 e. The van der Waals surface area contributed by atoms with E-state index in [1.807, 2.05) is 26.0 Å². The van der Waals surface area contributed by atoms with Crippen molar-refractivity contribution in [1.29, 1.82) is 0 Å². The van der Waals surface area contributed by atoms with Gasteiger partial charge in [0.2, 0.25) is 21.2 Å². The number of hydrogen-bond acceptors (Lipinski definition) is 6. The molecule has 0 bridgehead atoms. The third-order valence-electron chi connectivity index (χ3n) is 5.89. The summed E-state index contributed by atoms with van der Waals surface area (Å²) < 4.78 is 38.2. The second-order valence-electron chi connectivity index (χ2n) is 8.90. The predicted molar refractivity (Wildman–Crippen MR) is 127 cm³/mol. The second kappa shape index (κ2) is 9.67. The van der Waals surface area contributed by atoms with Gasteiger partial charge in [-0.15, -0.1) is 0 Å². The van der Waals surface area contributed by atoms with Gasteiger partial charge >= 0.3 is 0 Å². The van der Waals surface area contributed by atoms with Gasteiger partial charge in [-0.3, -0.25) is 9.69 Å². The smallest absolute Gasteiger partial charge is 0.242 e. The summed E-state index contributed by atoms with van der Waals surface area (Å²) in [4.78, 5) is 15.0. The highest BCUT2D eigenvalue weighted by Crippen LogP contribution is 2.27. The molecule has 3 heterocycles. The van der Waals surface area contributed by atoms with Gasteiger partial charge in [0.1, 0.15) is 12.0 Å². The molecule has 0 aliphatic carbocycles. The molecule has 4 rings (SSSR count). The van der Waals surface area contributed by atoms with Crippen LogP contribution in [0.1, 0.15) is 37.7 Å². The normalized spacial score (nSPS) is 17.5. The lowest BCUT2D eigenvalue weighted by Gasteiger charge is -2.37. The Morgan fingerprint density at radius 2 is 1.85 bits per heavy atom. The Labute approximate surface area is 195 Å². The Hall–Kier alpha value is -2.68. The number of allylic oxidation sites excluding steroid dienone is 3. The van der Waals surface area contributed by atoms with E-state index in [0.29, 0.717) is 30.3 Å². The third kappa shape index (κ3) is 5.29. The van der Waals surface area contributed by atoms with Crippen LogP contribution in [0, 0.1) is 5.92 Å². The Bertz CT molecular complexity index is 1210. The highest BCUT2D eigenvalue weighted by Gasteiger charge is 2.37. The van der Waals surface area contributed by atoms with E-state index in [0.717, 1.165) is 18.7 Å². The molecule has 2 aromatic rings. The third-order valence-corrected chi connectivity index (χ3v) is 7.82. The average Bonchev–Trinajstić information content (AvgIpc) is 3.14. The minimum absolute atomic E-state index is 0.0340. The van der Waals surface area contributed by atoms with Crippen molar-refractivity contribution >= 4 is 10.0 Å². The molecule has 1 saturated heterocycles. The maximum atomic E-state index is 12.7. The Balaban J connectivity index is 1.28. The van der Waals surface area contributed by atoms with E-state index >= 15 is 0 Å².